The molecule has 0 atom stereocenters. The van der Waals surface area contributed by atoms with Crippen LogP contribution in [0.4, 0.5) is 11.5 Å². The van der Waals surface area contributed by atoms with E-state index in [0.29, 0.717) is 5.69 Å². The molecule has 6 N–H and O–H groups in total. The van der Waals surface area contributed by atoms with E-state index in [1.54, 1.807) is 0 Å². The molecule has 2 aliphatic carbocycles. The smallest absolute Gasteiger partial charge is 0.167 e. The van der Waals surface area contributed by atoms with Crippen LogP contribution in [0.15, 0.2) is 152 Å². The third-order valence-corrected chi connectivity index (χ3v) is 13.7. The highest BCUT2D eigenvalue weighted by atomic mass is 16.5. The molecule has 0 bridgehead atoms. The molecular formula is C56H57N9O. The number of pyridine rings is 1. The van der Waals surface area contributed by atoms with E-state index in [-0.39, 0.29) is 11.1 Å². The van der Waals surface area contributed by atoms with Crippen LogP contribution in [-0.4, -0.2) is 50.4 Å². The molecule has 4 heterocycles. The summed E-state index contributed by atoms with van der Waals surface area (Å²) in [4.78, 5) is 17.3. The van der Waals surface area contributed by atoms with Crippen LogP contribution in [0.3, 0.4) is 0 Å². The third-order valence-electron chi connectivity index (χ3n) is 13.7. The predicted molar refractivity (Wildman–Crippen MR) is 270 cm³/mol. The van der Waals surface area contributed by atoms with Crippen LogP contribution < -0.4 is 32.8 Å². The average molecular weight is 872 g/mol. The highest BCUT2D eigenvalue weighted by Crippen LogP contribution is 2.40. The van der Waals surface area contributed by atoms with Crippen molar-refractivity contribution >= 4 is 40.9 Å². The van der Waals surface area contributed by atoms with E-state index >= 15 is 0 Å². The van der Waals surface area contributed by atoms with Gasteiger partial charge in [-0.05, 0) is 122 Å². The van der Waals surface area contributed by atoms with E-state index in [9.17, 15) is 0 Å². The lowest BCUT2D eigenvalue weighted by Gasteiger charge is -2.38. The van der Waals surface area contributed by atoms with Crippen LogP contribution in [0.25, 0.3) is 63.5 Å². The SMILES string of the molecule is C=c1/c(=C\C=C(/C)c2ccccc2)nc(-c2ccccc2N)n1-c1ccc(C2(N)CCC2)cc1.NC1(c2ccc(-n3c(-c4ccccc4)nc4ccc(N5CCOCC5)nc43)cc2)CCC1. The van der Waals surface area contributed by atoms with Crippen molar-refractivity contribution in [2.75, 3.05) is 36.9 Å². The molecule has 10 heteroatoms. The molecule has 10 nitrogen and oxygen atoms in total. The molecule has 3 fully saturated rings. The number of allylic oxidation sites excluding steroid dienone is 2. The zero-order valence-electron chi connectivity index (χ0n) is 37.6. The van der Waals surface area contributed by atoms with Gasteiger partial charge in [0.2, 0.25) is 0 Å². The van der Waals surface area contributed by atoms with Gasteiger partial charge in [-0.1, -0.05) is 110 Å². The minimum absolute atomic E-state index is 0.167. The Bertz CT molecular complexity index is 3120. The molecule has 3 aliphatic rings. The first-order valence-electron chi connectivity index (χ1n) is 23.1. The number of benzene rings is 5. The molecule has 0 radical (unpaired) electrons. The zero-order valence-corrected chi connectivity index (χ0v) is 37.6. The topological polar surface area (TPSA) is 139 Å². The number of ether oxygens (including phenoxy) is 1. The summed E-state index contributed by atoms with van der Waals surface area (Å²) in [5, 5.41) is 1.63. The van der Waals surface area contributed by atoms with Gasteiger partial charge in [-0.3, -0.25) is 9.13 Å². The number of morpholine rings is 1. The molecule has 0 unspecified atom stereocenters. The maximum absolute atomic E-state index is 6.56. The van der Waals surface area contributed by atoms with Crippen LogP contribution in [0.1, 0.15) is 62.1 Å². The molecule has 66 heavy (non-hydrogen) atoms. The van der Waals surface area contributed by atoms with E-state index in [1.807, 2.05) is 66.7 Å². The first-order chi connectivity index (χ1) is 32.2. The number of para-hydroxylation sites is 1. The van der Waals surface area contributed by atoms with Crippen molar-refractivity contribution in [1.29, 1.82) is 0 Å². The second-order valence-electron chi connectivity index (χ2n) is 17.9. The van der Waals surface area contributed by atoms with E-state index in [0.717, 1.165) is 119 Å². The molecule has 2 saturated carbocycles. The van der Waals surface area contributed by atoms with Gasteiger partial charge in [0, 0.05) is 52.4 Å². The Balaban J connectivity index is 0.000000155. The number of rotatable bonds is 9. The van der Waals surface area contributed by atoms with Gasteiger partial charge in [-0.2, -0.15) is 0 Å². The molecule has 0 amide bonds. The Hall–Kier alpha value is -7.11. The Morgan fingerprint density at radius 1 is 0.636 bits per heavy atom. The number of nitrogen functional groups attached to an aromatic ring is 1. The van der Waals surface area contributed by atoms with Crippen LogP contribution in [0, 0.1) is 0 Å². The molecular weight excluding hydrogens is 815 g/mol. The largest absolute Gasteiger partial charge is 0.398 e. The van der Waals surface area contributed by atoms with E-state index in [1.165, 1.54) is 29.5 Å². The first-order valence-corrected chi connectivity index (χ1v) is 23.1. The fourth-order valence-corrected chi connectivity index (χ4v) is 9.28. The lowest BCUT2D eigenvalue weighted by atomic mass is 9.73. The summed E-state index contributed by atoms with van der Waals surface area (Å²) in [6.07, 6.45) is 10.7. The number of imidazole rings is 2. The van der Waals surface area contributed by atoms with E-state index in [2.05, 4.69) is 119 Å². The molecule has 11 rings (SSSR count). The van der Waals surface area contributed by atoms with Gasteiger partial charge in [0.05, 0.1) is 23.9 Å². The van der Waals surface area contributed by atoms with Gasteiger partial charge in [0.1, 0.15) is 23.0 Å². The van der Waals surface area contributed by atoms with Crippen molar-refractivity contribution in [3.63, 3.8) is 0 Å². The highest BCUT2D eigenvalue weighted by molar-refractivity contribution is 5.82. The summed E-state index contributed by atoms with van der Waals surface area (Å²) in [5.74, 6) is 2.64. The minimum atomic E-state index is -0.188. The normalized spacial score (nSPS) is 16.9. The third kappa shape index (κ3) is 8.35. The Morgan fingerprint density at radius 3 is 1.80 bits per heavy atom. The molecule has 3 aromatic heterocycles. The van der Waals surface area contributed by atoms with E-state index in [4.69, 9.17) is 36.9 Å². The quantitative estimate of drug-likeness (QED) is 0.122. The highest BCUT2D eigenvalue weighted by Gasteiger charge is 2.35. The summed E-state index contributed by atoms with van der Waals surface area (Å²) in [6, 6.07) is 49.7. The van der Waals surface area contributed by atoms with Crippen LogP contribution in [-0.2, 0) is 15.8 Å². The van der Waals surface area contributed by atoms with Gasteiger partial charge in [-0.15, -0.1) is 0 Å². The average Bonchev–Trinajstić information content (AvgIpc) is 3.90. The predicted octanol–water partition coefficient (Wildman–Crippen LogP) is 9.02. The second-order valence-corrected chi connectivity index (χ2v) is 17.9. The lowest BCUT2D eigenvalue weighted by Crippen LogP contribution is -2.43. The molecule has 5 aromatic carbocycles. The number of nitrogens with zero attached hydrogens (tertiary/aromatic N) is 6. The summed E-state index contributed by atoms with van der Waals surface area (Å²) in [7, 11) is 0. The number of hydrogen-bond acceptors (Lipinski definition) is 8. The zero-order chi connectivity index (χ0) is 45.3. The van der Waals surface area contributed by atoms with Gasteiger partial charge in [-0.25, -0.2) is 15.0 Å². The van der Waals surface area contributed by atoms with Gasteiger partial charge in [0.15, 0.2) is 5.65 Å². The minimum Gasteiger partial charge on any atom is -0.398 e. The molecule has 1 saturated heterocycles. The lowest BCUT2D eigenvalue weighted by molar-refractivity contribution is 0.122. The summed E-state index contributed by atoms with van der Waals surface area (Å²) in [6.45, 7) is 9.67. The fraction of sp³-hybridized carbons (Fsp3) is 0.232. The fourth-order valence-electron chi connectivity index (χ4n) is 9.28. The molecule has 0 spiro atoms. The number of fused-ring (bicyclic) bond motifs is 1. The van der Waals surface area contributed by atoms with Gasteiger partial charge >= 0.3 is 0 Å². The van der Waals surface area contributed by atoms with E-state index < -0.39 is 0 Å². The van der Waals surface area contributed by atoms with Crippen molar-refractivity contribution in [1.82, 2.24) is 24.1 Å². The van der Waals surface area contributed by atoms with Crippen LogP contribution in [0.5, 0.6) is 0 Å². The number of nitrogens with two attached hydrogens (primary N) is 3. The van der Waals surface area contributed by atoms with Crippen LogP contribution in [0.2, 0.25) is 0 Å². The molecule has 8 aromatic rings. The molecule has 332 valence electrons. The van der Waals surface area contributed by atoms with Crippen molar-refractivity contribution in [3.05, 3.63) is 179 Å². The van der Waals surface area contributed by atoms with Gasteiger partial charge in [0.25, 0.3) is 0 Å². The standard InChI is InChI=1S/C30H30N4.C26H27N5O/c1-21(23-9-4-3-5-10-23)13-18-28-22(2)34(29(33-28)26-11-6-7-12-27(26)31)25-16-14-24(15-17-25)30(32)19-8-20-30;27-26(13-4-14-26)20-7-9-21(10-8-20)31-24(19-5-2-1-3-6-19)28-22-11-12-23(29-25(22)31)30-15-17-32-18-16-30/h3-7,9-18H,2,8,19-20,31-32H2,1H3;1-3,5-12H,4,13-18,27H2/b21-13+,28-18+;. The molecule has 1 aliphatic heterocycles. The second kappa shape index (κ2) is 18.0. The summed E-state index contributed by atoms with van der Waals surface area (Å²) >= 11 is 0. The van der Waals surface area contributed by atoms with Crippen molar-refractivity contribution < 1.29 is 4.74 Å². The Morgan fingerprint density at radius 2 is 1.21 bits per heavy atom. The van der Waals surface area contributed by atoms with Crippen molar-refractivity contribution in [2.45, 2.75) is 56.5 Å². The number of hydrogen-bond donors (Lipinski definition) is 3. The van der Waals surface area contributed by atoms with Crippen molar-refractivity contribution in [2.24, 2.45) is 11.5 Å². The Labute approximate surface area is 386 Å². The summed E-state index contributed by atoms with van der Waals surface area (Å²) in [5.41, 5.74) is 30.3. The van der Waals surface area contributed by atoms with Gasteiger partial charge < -0.3 is 26.8 Å². The van der Waals surface area contributed by atoms with Crippen molar-refractivity contribution in [3.8, 4) is 34.2 Å². The maximum Gasteiger partial charge on any atom is 0.167 e. The van der Waals surface area contributed by atoms with Crippen LogP contribution >= 0.6 is 0 Å². The monoisotopic (exact) mass is 871 g/mol. The number of anilines is 2. The Kier molecular flexibility index (Phi) is 11.7. The maximum atomic E-state index is 6.56. The number of aromatic nitrogens is 5. The first kappa shape index (κ1) is 42.8. The summed E-state index contributed by atoms with van der Waals surface area (Å²) < 4.78 is 9.77.